The van der Waals surface area contributed by atoms with E-state index in [1.165, 1.54) is 25.5 Å². The SMILES string of the molecule is CS(=O)(=O)CCCCCC(Br)C1CC1. The summed E-state index contributed by atoms with van der Waals surface area (Å²) in [6, 6.07) is 0. The molecule has 2 nitrogen and oxygen atoms in total. The van der Waals surface area contributed by atoms with Crippen molar-refractivity contribution in [3.05, 3.63) is 0 Å². The zero-order valence-corrected chi connectivity index (χ0v) is 11.1. The van der Waals surface area contributed by atoms with Crippen molar-refractivity contribution < 1.29 is 8.42 Å². The van der Waals surface area contributed by atoms with Crippen LogP contribution >= 0.6 is 15.9 Å². The van der Waals surface area contributed by atoms with Gasteiger partial charge in [-0.05, 0) is 31.6 Å². The fraction of sp³-hybridized carbons (Fsp3) is 1.00. The molecule has 1 saturated carbocycles. The molecule has 1 aliphatic carbocycles. The first-order chi connectivity index (χ1) is 6.49. The van der Waals surface area contributed by atoms with E-state index < -0.39 is 9.84 Å². The van der Waals surface area contributed by atoms with Crippen LogP contribution in [0.2, 0.25) is 0 Å². The van der Waals surface area contributed by atoms with E-state index in [0.29, 0.717) is 10.6 Å². The molecule has 84 valence electrons. The molecular weight excluding hydrogens is 264 g/mol. The Balaban J connectivity index is 1.93. The van der Waals surface area contributed by atoms with Crippen LogP contribution in [0.5, 0.6) is 0 Å². The van der Waals surface area contributed by atoms with Crippen LogP contribution in [0.4, 0.5) is 0 Å². The molecule has 1 unspecified atom stereocenters. The highest BCUT2D eigenvalue weighted by Gasteiger charge is 2.28. The topological polar surface area (TPSA) is 34.1 Å². The van der Waals surface area contributed by atoms with Crippen LogP contribution in [0.3, 0.4) is 0 Å². The largest absolute Gasteiger partial charge is 0.229 e. The molecule has 0 aromatic heterocycles. The second kappa shape index (κ2) is 5.50. The Bertz CT molecular complexity index is 257. The maximum Gasteiger partial charge on any atom is 0.147 e. The van der Waals surface area contributed by atoms with E-state index in [2.05, 4.69) is 15.9 Å². The summed E-state index contributed by atoms with van der Waals surface area (Å²) in [5.41, 5.74) is 0. The minimum absolute atomic E-state index is 0.351. The van der Waals surface area contributed by atoms with E-state index in [0.717, 1.165) is 25.2 Å². The van der Waals surface area contributed by atoms with Crippen molar-refractivity contribution in [1.82, 2.24) is 0 Å². The van der Waals surface area contributed by atoms with Gasteiger partial charge in [-0.25, -0.2) is 8.42 Å². The zero-order valence-electron chi connectivity index (χ0n) is 8.71. The normalized spacial score (nSPS) is 19.6. The molecule has 1 aliphatic rings. The Morgan fingerprint density at radius 2 is 1.93 bits per heavy atom. The third-order valence-corrected chi connectivity index (χ3v) is 4.86. The van der Waals surface area contributed by atoms with Crippen molar-refractivity contribution in [2.45, 2.75) is 43.4 Å². The molecule has 1 atom stereocenters. The molecular formula is C10H19BrO2S. The summed E-state index contributed by atoms with van der Waals surface area (Å²) in [6.07, 6.45) is 8.28. The van der Waals surface area contributed by atoms with Crippen LogP contribution < -0.4 is 0 Å². The molecule has 0 aromatic rings. The average Bonchev–Trinajstić information content (AvgIpc) is 2.83. The van der Waals surface area contributed by atoms with Gasteiger partial charge < -0.3 is 0 Å². The second-order valence-corrected chi connectivity index (χ2v) is 7.77. The summed E-state index contributed by atoms with van der Waals surface area (Å²) in [4.78, 5) is 0.681. The number of alkyl halides is 1. The molecule has 0 heterocycles. The van der Waals surface area contributed by atoms with Crippen molar-refractivity contribution in [3.8, 4) is 0 Å². The van der Waals surface area contributed by atoms with Crippen LogP contribution in [0.1, 0.15) is 38.5 Å². The van der Waals surface area contributed by atoms with Crippen LogP contribution in [0.25, 0.3) is 0 Å². The molecule has 0 spiro atoms. The first kappa shape index (κ1) is 12.5. The molecule has 0 amide bonds. The average molecular weight is 283 g/mol. The van der Waals surface area contributed by atoms with Gasteiger partial charge in [0.2, 0.25) is 0 Å². The Kier molecular flexibility index (Phi) is 4.91. The lowest BCUT2D eigenvalue weighted by Gasteiger charge is -2.06. The minimum Gasteiger partial charge on any atom is -0.229 e. The molecule has 4 heteroatoms. The number of halogens is 1. The number of rotatable bonds is 7. The first-order valence-corrected chi connectivity index (χ1v) is 8.28. The summed E-state index contributed by atoms with van der Waals surface area (Å²) in [5, 5.41) is 0. The second-order valence-electron chi connectivity index (χ2n) is 4.33. The third-order valence-electron chi connectivity index (χ3n) is 2.63. The van der Waals surface area contributed by atoms with E-state index in [1.807, 2.05) is 0 Å². The van der Waals surface area contributed by atoms with E-state index in [9.17, 15) is 8.42 Å². The molecule has 1 rings (SSSR count). The van der Waals surface area contributed by atoms with E-state index in [4.69, 9.17) is 0 Å². The van der Waals surface area contributed by atoms with Crippen LogP contribution in [-0.4, -0.2) is 25.3 Å². The maximum atomic E-state index is 10.8. The van der Waals surface area contributed by atoms with E-state index >= 15 is 0 Å². The lowest BCUT2D eigenvalue weighted by molar-refractivity contribution is 0.587. The smallest absolute Gasteiger partial charge is 0.147 e. The lowest BCUT2D eigenvalue weighted by Crippen LogP contribution is -2.04. The molecule has 1 fully saturated rings. The van der Waals surface area contributed by atoms with Gasteiger partial charge in [-0.1, -0.05) is 28.8 Å². The predicted molar refractivity (Wildman–Crippen MR) is 63.6 cm³/mol. The fourth-order valence-corrected chi connectivity index (χ4v) is 3.15. The highest BCUT2D eigenvalue weighted by molar-refractivity contribution is 9.09. The molecule has 0 aromatic carbocycles. The van der Waals surface area contributed by atoms with Gasteiger partial charge in [0.1, 0.15) is 9.84 Å². The van der Waals surface area contributed by atoms with Gasteiger partial charge in [0, 0.05) is 16.8 Å². The number of unbranched alkanes of at least 4 members (excludes halogenated alkanes) is 2. The van der Waals surface area contributed by atoms with Gasteiger partial charge >= 0.3 is 0 Å². The maximum absolute atomic E-state index is 10.8. The zero-order chi connectivity index (χ0) is 10.6. The summed E-state index contributed by atoms with van der Waals surface area (Å²) in [6.45, 7) is 0. The van der Waals surface area contributed by atoms with Crippen molar-refractivity contribution in [3.63, 3.8) is 0 Å². The summed E-state index contributed by atoms with van der Waals surface area (Å²) < 4.78 is 21.7. The number of sulfone groups is 1. The number of hydrogen-bond donors (Lipinski definition) is 0. The molecule has 0 aliphatic heterocycles. The summed E-state index contributed by atoms with van der Waals surface area (Å²) in [7, 11) is -2.74. The Labute approximate surface area is 95.5 Å². The standard InChI is InChI=1S/C10H19BrO2S/c1-14(12,13)8-4-2-3-5-10(11)9-6-7-9/h9-10H,2-8H2,1H3. The quantitative estimate of drug-likeness (QED) is 0.532. The molecule has 0 saturated heterocycles. The Morgan fingerprint density at radius 1 is 1.29 bits per heavy atom. The van der Waals surface area contributed by atoms with E-state index in [-0.39, 0.29) is 0 Å². The number of hydrogen-bond acceptors (Lipinski definition) is 2. The van der Waals surface area contributed by atoms with Gasteiger partial charge in [-0.3, -0.25) is 0 Å². The molecule has 0 N–H and O–H groups in total. The highest BCUT2D eigenvalue weighted by atomic mass is 79.9. The third kappa shape index (κ3) is 6.02. The van der Waals surface area contributed by atoms with Crippen LogP contribution in [0.15, 0.2) is 0 Å². The van der Waals surface area contributed by atoms with Crippen LogP contribution in [0, 0.1) is 5.92 Å². The van der Waals surface area contributed by atoms with Gasteiger partial charge in [0.15, 0.2) is 0 Å². The summed E-state index contributed by atoms with van der Waals surface area (Å²) >= 11 is 3.68. The van der Waals surface area contributed by atoms with Gasteiger partial charge in [0.25, 0.3) is 0 Å². The van der Waals surface area contributed by atoms with Gasteiger partial charge in [-0.15, -0.1) is 0 Å². The molecule has 14 heavy (non-hydrogen) atoms. The minimum atomic E-state index is -2.74. The van der Waals surface area contributed by atoms with Gasteiger partial charge in [-0.2, -0.15) is 0 Å². The van der Waals surface area contributed by atoms with E-state index in [1.54, 1.807) is 0 Å². The monoisotopic (exact) mass is 282 g/mol. The molecule has 0 bridgehead atoms. The van der Waals surface area contributed by atoms with Crippen molar-refractivity contribution in [2.24, 2.45) is 5.92 Å². The highest BCUT2D eigenvalue weighted by Crippen LogP contribution is 2.38. The molecule has 0 radical (unpaired) electrons. The fourth-order valence-electron chi connectivity index (χ4n) is 1.57. The van der Waals surface area contributed by atoms with Gasteiger partial charge in [0.05, 0.1) is 0 Å². The van der Waals surface area contributed by atoms with Crippen molar-refractivity contribution in [2.75, 3.05) is 12.0 Å². The lowest BCUT2D eigenvalue weighted by atomic mass is 10.1. The summed E-state index contributed by atoms with van der Waals surface area (Å²) in [5.74, 6) is 1.26. The van der Waals surface area contributed by atoms with Crippen molar-refractivity contribution in [1.29, 1.82) is 0 Å². The van der Waals surface area contributed by atoms with Crippen LogP contribution in [-0.2, 0) is 9.84 Å². The predicted octanol–water partition coefficient (Wildman–Crippen LogP) is 2.76. The first-order valence-electron chi connectivity index (χ1n) is 5.31. The Morgan fingerprint density at radius 3 is 2.43 bits per heavy atom. The Hall–Kier alpha value is 0.430. The van der Waals surface area contributed by atoms with Crippen molar-refractivity contribution >= 4 is 25.8 Å².